The second-order valence-corrected chi connectivity index (χ2v) is 3.93. The maximum Gasteiger partial charge on any atom is 0.309 e. The number of carboxylic acid groups (broad SMARTS) is 1. The van der Waals surface area contributed by atoms with Crippen LogP contribution < -0.4 is 0 Å². The quantitative estimate of drug-likeness (QED) is 0.524. The van der Waals surface area contributed by atoms with E-state index >= 15 is 0 Å². The van der Waals surface area contributed by atoms with Crippen LogP contribution in [0.25, 0.3) is 0 Å². The molecule has 0 heterocycles. The monoisotopic (exact) mass is 182 g/mol. The zero-order valence-electron chi connectivity index (χ0n) is 8.63. The van der Waals surface area contributed by atoms with Gasteiger partial charge in [0.1, 0.15) is 0 Å². The van der Waals surface area contributed by atoms with Crippen LogP contribution in [-0.2, 0) is 4.79 Å². The minimum atomic E-state index is -0.723. The SMILES string of the molecule is C#CCCCC(C)(C(=O)O)C(C)C. The van der Waals surface area contributed by atoms with Gasteiger partial charge in [0.05, 0.1) is 5.41 Å². The van der Waals surface area contributed by atoms with Crippen molar-refractivity contribution in [3.63, 3.8) is 0 Å². The highest BCUT2D eigenvalue weighted by molar-refractivity contribution is 5.74. The van der Waals surface area contributed by atoms with Crippen LogP contribution >= 0.6 is 0 Å². The third kappa shape index (κ3) is 3.10. The largest absolute Gasteiger partial charge is 0.481 e. The van der Waals surface area contributed by atoms with Crippen molar-refractivity contribution in [2.75, 3.05) is 0 Å². The highest BCUT2D eigenvalue weighted by Crippen LogP contribution is 2.32. The van der Waals surface area contributed by atoms with Crippen LogP contribution in [0.3, 0.4) is 0 Å². The maximum atomic E-state index is 11.0. The molecule has 0 fully saturated rings. The molecule has 0 saturated carbocycles. The van der Waals surface area contributed by atoms with Crippen molar-refractivity contribution < 1.29 is 9.90 Å². The van der Waals surface area contributed by atoms with Crippen molar-refractivity contribution in [3.05, 3.63) is 0 Å². The lowest BCUT2D eigenvalue weighted by molar-refractivity contribution is -0.151. The number of rotatable bonds is 5. The molecule has 0 aromatic carbocycles. The Morgan fingerprint density at radius 3 is 2.46 bits per heavy atom. The molecule has 0 aliphatic carbocycles. The fourth-order valence-electron chi connectivity index (χ4n) is 1.20. The Morgan fingerprint density at radius 2 is 2.15 bits per heavy atom. The van der Waals surface area contributed by atoms with Gasteiger partial charge in [-0.25, -0.2) is 0 Å². The lowest BCUT2D eigenvalue weighted by Crippen LogP contribution is -2.33. The minimum absolute atomic E-state index is 0.141. The van der Waals surface area contributed by atoms with E-state index in [9.17, 15) is 4.79 Å². The molecule has 2 heteroatoms. The van der Waals surface area contributed by atoms with Gasteiger partial charge >= 0.3 is 5.97 Å². The summed E-state index contributed by atoms with van der Waals surface area (Å²) in [4.78, 5) is 11.0. The van der Waals surface area contributed by atoms with Crippen molar-refractivity contribution in [3.8, 4) is 12.3 Å². The molecule has 1 N–H and O–H groups in total. The van der Waals surface area contributed by atoms with E-state index in [-0.39, 0.29) is 5.92 Å². The number of carbonyl (C=O) groups is 1. The first-order valence-electron chi connectivity index (χ1n) is 4.62. The third-order valence-corrected chi connectivity index (χ3v) is 2.78. The number of carboxylic acids is 1. The summed E-state index contributed by atoms with van der Waals surface area (Å²) in [6.07, 6.45) is 7.22. The second-order valence-electron chi connectivity index (χ2n) is 3.93. The number of aliphatic carboxylic acids is 1. The first-order chi connectivity index (χ1) is 5.95. The lowest BCUT2D eigenvalue weighted by Gasteiger charge is -2.28. The van der Waals surface area contributed by atoms with Gasteiger partial charge in [-0.05, 0) is 25.7 Å². The molecule has 1 atom stereocenters. The summed E-state index contributed by atoms with van der Waals surface area (Å²) in [5.74, 6) is 1.94. The van der Waals surface area contributed by atoms with Gasteiger partial charge in [0.25, 0.3) is 0 Å². The molecule has 74 valence electrons. The molecule has 0 aromatic heterocycles. The Hall–Kier alpha value is -0.970. The van der Waals surface area contributed by atoms with E-state index in [2.05, 4.69) is 5.92 Å². The fraction of sp³-hybridized carbons (Fsp3) is 0.727. The Bertz CT molecular complexity index is 213. The lowest BCUT2D eigenvalue weighted by atomic mass is 9.75. The zero-order chi connectivity index (χ0) is 10.5. The highest BCUT2D eigenvalue weighted by Gasteiger charge is 2.35. The number of hydrogen-bond donors (Lipinski definition) is 1. The molecule has 13 heavy (non-hydrogen) atoms. The van der Waals surface area contributed by atoms with Crippen LogP contribution in [-0.4, -0.2) is 11.1 Å². The molecule has 2 nitrogen and oxygen atoms in total. The van der Waals surface area contributed by atoms with Gasteiger partial charge in [-0.2, -0.15) is 0 Å². The van der Waals surface area contributed by atoms with Crippen molar-refractivity contribution in [1.82, 2.24) is 0 Å². The van der Waals surface area contributed by atoms with Gasteiger partial charge in [0, 0.05) is 6.42 Å². The van der Waals surface area contributed by atoms with Gasteiger partial charge in [-0.15, -0.1) is 12.3 Å². The zero-order valence-corrected chi connectivity index (χ0v) is 8.63. The summed E-state index contributed by atoms with van der Waals surface area (Å²) in [6.45, 7) is 5.66. The molecule has 0 spiro atoms. The highest BCUT2D eigenvalue weighted by atomic mass is 16.4. The second kappa shape index (κ2) is 4.91. The summed E-state index contributed by atoms with van der Waals surface area (Å²) >= 11 is 0. The van der Waals surface area contributed by atoms with Crippen LogP contribution in [0.15, 0.2) is 0 Å². The van der Waals surface area contributed by atoms with E-state index in [1.54, 1.807) is 6.92 Å². The Morgan fingerprint density at radius 1 is 1.62 bits per heavy atom. The molecular weight excluding hydrogens is 164 g/mol. The molecule has 0 bridgehead atoms. The van der Waals surface area contributed by atoms with Gasteiger partial charge in [-0.3, -0.25) is 4.79 Å². The van der Waals surface area contributed by atoms with E-state index in [1.807, 2.05) is 13.8 Å². The topological polar surface area (TPSA) is 37.3 Å². The molecule has 0 saturated heterocycles. The van der Waals surface area contributed by atoms with Crippen molar-refractivity contribution in [2.45, 2.75) is 40.0 Å². The van der Waals surface area contributed by atoms with E-state index in [0.717, 1.165) is 6.42 Å². The number of terminal acetylenes is 1. The Labute approximate surface area is 80.3 Å². The summed E-state index contributed by atoms with van der Waals surface area (Å²) in [7, 11) is 0. The first-order valence-corrected chi connectivity index (χ1v) is 4.62. The molecular formula is C11H18O2. The van der Waals surface area contributed by atoms with E-state index in [4.69, 9.17) is 11.5 Å². The van der Waals surface area contributed by atoms with Crippen LogP contribution in [0.2, 0.25) is 0 Å². The van der Waals surface area contributed by atoms with Crippen molar-refractivity contribution in [2.24, 2.45) is 11.3 Å². The van der Waals surface area contributed by atoms with Gasteiger partial charge < -0.3 is 5.11 Å². The van der Waals surface area contributed by atoms with Crippen LogP contribution in [0.4, 0.5) is 0 Å². The normalized spacial score (nSPS) is 15.0. The maximum absolute atomic E-state index is 11.0. The van der Waals surface area contributed by atoms with E-state index in [0.29, 0.717) is 12.8 Å². The van der Waals surface area contributed by atoms with Crippen molar-refractivity contribution in [1.29, 1.82) is 0 Å². The van der Waals surface area contributed by atoms with Gasteiger partial charge in [0.15, 0.2) is 0 Å². The van der Waals surface area contributed by atoms with Crippen molar-refractivity contribution >= 4 is 5.97 Å². The molecule has 0 radical (unpaired) electrons. The molecule has 0 aliphatic rings. The standard InChI is InChI=1S/C11H18O2/c1-5-6-7-8-11(4,9(2)3)10(12)13/h1,9H,6-8H2,2-4H3,(H,12,13). The predicted octanol–water partition coefficient (Wildman–Crippen LogP) is 2.54. The average molecular weight is 182 g/mol. The van der Waals surface area contributed by atoms with Gasteiger partial charge in [0.2, 0.25) is 0 Å². The Balaban J connectivity index is 4.27. The average Bonchev–Trinajstić information content (AvgIpc) is 2.03. The molecule has 0 amide bonds. The van der Waals surface area contributed by atoms with Crippen LogP contribution in [0.1, 0.15) is 40.0 Å². The summed E-state index contributed by atoms with van der Waals surface area (Å²) < 4.78 is 0. The van der Waals surface area contributed by atoms with E-state index < -0.39 is 11.4 Å². The van der Waals surface area contributed by atoms with Gasteiger partial charge in [-0.1, -0.05) is 13.8 Å². The fourth-order valence-corrected chi connectivity index (χ4v) is 1.20. The summed E-state index contributed by atoms with van der Waals surface area (Å²) in [5.41, 5.74) is -0.628. The number of unbranched alkanes of at least 4 members (excludes halogenated alkanes) is 1. The third-order valence-electron chi connectivity index (χ3n) is 2.78. The molecule has 0 aliphatic heterocycles. The Kier molecular flexibility index (Phi) is 4.55. The predicted molar refractivity (Wildman–Crippen MR) is 53.3 cm³/mol. The smallest absolute Gasteiger partial charge is 0.309 e. The first kappa shape index (κ1) is 12.0. The van der Waals surface area contributed by atoms with Crippen LogP contribution in [0, 0.1) is 23.7 Å². The van der Waals surface area contributed by atoms with Crippen LogP contribution in [0.5, 0.6) is 0 Å². The van der Waals surface area contributed by atoms with E-state index in [1.165, 1.54) is 0 Å². The summed E-state index contributed by atoms with van der Waals surface area (Å²) in [5, 5.41) is 9.05. The summed E-state index contributed by atoms with van der Waals surface area (Å²) in [6, 6.07) is 0. The molecule has 1 unspecified atom stereocenters. The molecule has 0 rings (SSSR count). The molecule has 0 aromatic rings. The number of hydrogen-bond acceptors (Lipinski definition) is 1. The minimum Gasteiger partial charge on any atom is -0.481 e.